The highest BCUT2D eigenvalue weighted by Crippen LogP contribution is 2.28. The van der Waals surface area contributed by atoms with Crippen LogP contribution >= 0.6 is 11.6 Å². The molecule has 1 atom stereocenters. The average molecular weight is 278 g/mol. The van der Waals surface area contributed by atoms with Crippen LogP contribution < -0.4 is 4.90 Å². The van der Waals surface area contributed by atoms with Gasteiger partial charge >= 0.3 is 0 Å². The predicted molar refractivity (Wildman–Crippen MR) is 70.8 cm³/mol. The van der Waals surface area contributed by atoms with E-state index < -0.39 is 0 Å². The van der Waals surface area contributed by atoms with Crippen molar-refractivity contribution in [3.05, 3.63) is 24.3 Å². The maximum absolute atomic E-state index is 12.0. The third kappa shape index (κ3) is 2.31. The molecule has 7 heteroatoms. The summed E-state index contributed by atoms with van der Waals surface area (Å²) in [5, 5.41) is 13.8. The number of halogens is 1. The summed E-state index contributed by atoms with van der Waals surface area (Å²) < 4.78 is 0. The lowest BCUT2D eigenvalue weighted by Gasteiger charge is -2.16. The minimum Gasteiger partial charge on any atom is -0.312 e. The first-order chi connectivity index (χ1) is 9.28. The molecule has 0 spiro atoms. The van der Waals surface area contributed by atoms with Crippen molar-refractivity contribution < 1.29 is 4.79 Å². The standard InChI is InChI=1S/C12H12ClN5O/c13-6-8-4-11(19)18(7-8)10-3-1-2-9(5-10)12-14-16-17-15-12/h1-3,5,8H,4,6-7H2,(H,14,15,16,17). The fourth-order valence-corrected chi connectivity index (χ4v) is 2.44. The van der Waals surface area contributed by atoms with Crippen LogP contribution in [0.2, 0.25) is 0 Å². The van der Waals surface area contributed by atoms with Crippen LogP contribution in [-0.2, 0) is 4.79 Å². The summed E-state index contributed by atoms with van der Waals surface area (Å²) in [7, 11) is 0. The maximum Gasteiger partial charge on any atom is 0.227 e. The van der Waals surface area contributed by atoms with Gasteiger partial charge in [-0.25, -0.2) is 0 Å². The van der Waals surface area contributed by atoms with Crippen molar-refractivity contribution in [3.8, 4) is 11.4 Å². The minimum absolute atomic E-state index is 0.107. The Labute approximate surface area is 114 Å². The molecule has 1 unspecified atom stereocenters. The number of H-pyrrole nitrogens is 1. The first kappa shape index (κ1) is 12.1. The lowest BCUT2D eigenvalue weighted by Crippen LogP contribution is -2.24. The van der Waals surface area contributed by atoms with Crippen LogP contribution in [-0.4, -0.2) is 39.0 Å². The molecule has 1 aromatic heterocycles. The van der Waals surface area contributed by atoms with Gasteiger partial charge in [0.1, 0.15) is 0 Å². The zero-order valence-corrected chi connectivity index (χ0v) is 10.8. The van der Waals surface area contributed by atoms with E-state index in [1.807, 2.05) is 24.3 Å². The van der Waals surface area contributed by atoms with Crippen molar-refractivity contribution in [2.45, 2.75) is 6.42 Å². The number of carbonyl (C=O) groups is 1. The molecule has 2 aromatic rings. The summed E-state index contributed by atoms with van der Waals surface area (Å²) in [6.45, 7) is 0.665. The van der Waals surface area contributed by atoms with E-state index in [-0.39, 0.29) is 11.8 Å². The van der Waals surface area contributed by atoms with Gasteiger partial charge in [-0.3, -0.25) is 4.79 Å². The van der Waals surface area contributed by atoms with Crippen LogP contribution in [0.4, 0.5) is 5.69 Å². The molecule has 6 nitrogen and oxygen atoms in total. The molecule has 98 valence electrons. The number of alkyl halides is 1. The second kappa shape index (κ2) is 4.97. The fraction of sp³-hybridized carbons (Fsp3) is 0.333. The number of hydrogen-bond donors (Lipinski definition) is 1. The molecule has 1 N–H and O–H groups in total. The van der Waals surface area contributed by atoms with E-state index in [1.165, 1.54) is 0 Å². The highest BCUT2D eigenvalue weighted by atomic mass is 35.5. The topological polar surface area (TPSA) is 74.8 Å². The molecule has 0 bridgehead atoms. The average Bonchev–Trinajstić information content (AvgIpc) is 3.08. The Morgan fingerprint density at radius 3 is 3.05 bits per heavy atom. The van der Waals surface area contributed by atoms with E-state index in [0.717, 1.165) is 11.3 Å². The quantitative estimate of drug-likeness (QED) is 0.862. The normalized spacial score (nSPS) is 19.1. The molecule has 2 heterocycles. The van der Waals surface area contributed by atoms with Crippen LogP contribution in [0.1, 0.15) is 6.42 Å². The first-order valence-electron chi connectivity index (χ1n) is 5.98. The molecule has 1 aliphatic rings. The molecule has 19 heavy (non-hydrogen) atoms. The Bertz CT molecular complexity index is 586. The van der Waals surface area contributed by atoms with Gasteiger partial charge in [-0.15, -0.1) is 21.8 Å². The Kier molecular flexibility index (Phi) is 3.16. The zero-order valence-electron chi connectivity index (χ0n) is 10.1. The number of nitrogens with one attached hydrogen (secondary N) is 1. The van der Waals surface area contributed by atoms with Crippen molar-refractivity contribution in [2.24, 2.45) is 5.92 Å². The van der Waals surface area contributed by atoms with Crippen LogP contribution in [0, 0.1) is 5.92 Å². The van der Waals surface area contributed by atoms with Crippen molar-refractivity contribution in [1.82, 2.24) is 20.6 Å². The van der Waals surface area contributed by atoms with Gasteiger partial charge in [0.15, 0.2) is 0 Å². The zero-order chi connectivity index (χ0) is 13.2. The number of aromatic amines is 1. The van der Waals surface area contributed by atoms with E-state index in [9.17, 15) is 4.79 Å². The molecule has 1 aromatic carbocycles. The molecule has 1 aliphatic heterocycles. The van der Waals surface area contributed by atoms with Crippen LogP contribution in [0.15, 0.2) is 24.3 Å². The van der Waals surface area contributed by atoms with Gasteiger partial charge < -0.3 is 4.90 Å². The number of anilines is 1. The fourth-order valence-electron chi connectivity index (χ4n) is 2.23. The molecule has 1 fully saturated rings. The van der Waals surface area contributed by atoms with Crippen molar-refractivity contribution in [2.75, 3.05) is 17.3 Å². The highest BCUT2D eigenvalue weighted by Gasteiger charge is 2.30. The van der Waals surface area contributed by atoms with Gasteiger partial charge in [0.25, 0.3) is 0 Å². The number of amides is 1. The summed E-state index contributed by atoms with van der Waals surface area (Å²) in [5.74, 6) is 1.36. The number of benzene rings is 1. The van der Waals surface area contributed by atoms with Gasteiger partial charge in [-0.1, -0.05) is 12.1 Å². The number of hydrogen-bond acceptors (Lipinski definition) is 4. The van der Waals surface area contributed by atoms with E-state index >= 15 is 0 Å². The number of tetrazole rings is 1. The largest absolute Gasteiger partial charge is 0.312 e. The summed E-state index contributed by atoms with van der Waals surface area (Å²) in [6.07, 6.45) is 0.510. The Morgan fingerprint density at radius 2 is 2.37 bits per heavy atom. The molecular formula is C12H12ClN5O. The van der Waals surface area contributed by atoms with E-state index in [1.54, 1.807) is 4.90 Å². The maximum atomic E-state index is 12.0. The van der Waals surface area contributed by atoms with E-state index in [2.05, 4.69) is 20.6 Å². The summed E-state index contributed by atoms with van der Waals surface area (Å²) >= 11 is 5.83. The third-order valence-electron chi connectivity index (χ3n) is 3.18. The Morgan fingerprint density at radius 1 is 1.47 bits per heavy atom. The number of nitrogens with zero attached hydrogens (tertiary/aromatic N) is 4. The van der Waals surface area contributed by atoms with Crippen molar-refractivity contribution in [3.63, 3.8) is 0 Å². The first-order valence-corrected chi connectivity index (χ1v) is 6.51. The minimum atomic E-state index is 0.107. The summed E-state index contributed by atoms with van der Waals surface area (Å²) in [4.78, 5) is 13.7. The monoisotopic (exact) mass is 277 g/mol. The molecule has 3 rings (SSSR count). The molecule has 0 radical (unpaired) electrons. The second-order valence-electron chi connectivity index (χ2n) is 4.51. The van der Waals surface area contributed by atoms with Gasteiger partial charge in [-0.2, -0.15) is 5.21 Å². The molecule has 1 saturated heterocycles. The smallest absolute Gasteiger partial charge is 0.227 e. The van der Waals surface area contributed by atoms with Crippen molar-refractivity contribution >= 4 is 23.2 Å². The molecular weight excluding hydrogens is 266 g/mol. The van der Waals surface area contributed by atoms with Crippen LogP contribution in [0.5, 0.6) is 0 Å². The number of carbonyl (C=O) groups excluding carboxylic acids is 1. The third-order valence-corrected chi connectivity index (χ3v) is 3.62. The molecule has 0 saturated carbocycles. The van der Waals surface area contributed by atoms with Gasteiger partial charge in [0.2, 0.25) is 11.7 Å². The van der Waals surface area contributed by atoms with Crippen LogP contribution in [0.25, 0.3) is 11.4 Å². The lowest BCUT2D eigenvalue weighted by atomic mass is 10.1. The predicted octanol–water partition coefficient (Wildman–Crippen LogP) is 1.46. The Hall–Kier alpha value is -1.95. The SMILES string of the molecule is O=C1CC(CCl)CN1c1cccc(-c2nn[nH]n2)c1. The Balaban J connectivity index is 1.90. The van der Waals surface area contributed by atoms with Gasteiger partial charge in [0, 0.05) is 30.1 Å². The van der Waals surface area contributed by atoms with Gasteiger partial charge in [0.05, 0.1) is 0 Å². The summed E-state index contributed by atoms with van der Waals surface area (Å²) in [5.41, 5.74) is 1.67. The second-order valence-corrected chi connectivity index (χ2v) is 4.82. The van der Waals surface area contributed by atoms with Gasteiger partial charge in [-0.05, 0) is 23.3 Å². The van der Waals surface area contributed by atoms with Crippen LogP contribution in [0.3, 0.4) is 0 Å². The highest BCUT2D eigenvalue weighted by molar-refractivity contribution is 6.18. The molecule has 0 aliphatic carbocycles. The number of aromatic nitrogens is 4. The molecule has 1 amide bonds. The summed E-state index contributed by atoms with van der Waals surface area (Å²) in [6, 6.07) is 7.55. The van der Waals surface area contributed by atoms with E-state index in [4.69, 9.17) is 11.6 Å². The van der Waals surface area contributed by atoms with Crippen molar-refractivity contribution in [1.29, 1.82) is 0 Å². The van der Waals surface area contributed by atoms with E-state index in [0.29, 0.717) is 24.7 Å². The lowest BCUT2D eigenvalue weighted by molar-refractivity contribution is -0.117. The number of rotatable bonds is 3.